The fraction of sp³-hybridized carbons (Fsp3) is 0.273. The molecule has 0 bridgehead atoms. The molecule has 0 atom stereocenters. The number of aromatic nitrogens is 1. The molecule has 0 aliphatic heterocycles. The number of amides is 1. The van der Waals surface area contributed by atoms with E-state index in [1.54, 1.807) is 5.51 Å². The molecule has 2 aromatic carbocycles. The topological polar surface area (TPSA) is 45.7 Å². The van der Waals surface area contributed by atoms with Crippen molar-refractivity contribution in [3.63, 3.8) is 0 Å². The largest absolute Gasteiger partial charge is 0.487 e. The molecule has 0 saturated carbocycles. The molecule has 0 unspecified atom stereocenters. The molecule has 5 nitrogen and oxygen atoms in total. The quantitative estimate of drug-likeness (QED) is 0.551. The molecule has 6 heteroatoms. The van der Waals surface area contributed by atoms with Gasteiger partial charge in [-0.2, -0.15) is 0 Å². The van der Waals surface area contributed by atoms with Gasteiger partial charge in [0.1, 0.15) is 12.4 Å². The summed E-state index contributed by atoms with van der Waals surface area (Å²) >= 11 is 1.54. The fourth-order valence-electron chi connectivity index (χ4n) is 2.74. The summed E-state index contributed by atoms with van der Waals surface area (Å²) < 4.78 is 5.80. The lowest BCUT2D eigenvalue weighted by Gasteiger charge is -2.25. The third-order valence-electron chi connectivity index (χ3n) is 4.27. The van der Waals surface area contributed by atoms with Crippen LogP contribution >= 0.6 is 11.3 Å². The number of hydrogen-bond acceptors (Lipinski definition) is 5. The van der Waals surface area contributed by atoms with Crippen LogP contribution in [0.15, 0.2) is 65.5 Å². The van der Waals surface area contributed by atoms with Gasteiger partial charge < -0.3 is 14.5 Å². The minimum atomic E-state index is 0.00445. The van der Waals surface area contributed by atoms with E-state index in [0.29, 0.717) is 31.0 Å². The summed E-state index contributed by atoms with van der Waals surface area (Å²) in [6.45, 7) is 2.44. The van der Waals surface area contributed by atoms with E-state index >= 15 is 0 Å². The van der Waals surface area contributed by atoms with Crippen molar-refractivity contribution in [2.75, 3.05) is 27.2 Å². The first kappa shape index (κ1) is 20.0. The van der Waals surface area contributed by atoms with E-state index in [4.69, 9.17) is 4.74 Å². The summed E-state index contributed by atoms with van der Waals surface area (Å²) in [6, 6.07) is 17.4. The molecule has 28 heavy (non-hydrogen) atoms. The summed E-state index contributed by atoms with van der Waals surface area (Å²) in [7, 11) is 4.02. The van der Waals surface area contributed by atoms with Gasteiger partial charge in [0.25, 0.3) is 5.91 Å². The Hall–Kier alpha value is -2.70. The number of ether oxygens (including phenoxy) is 1. The third kappa shape index (κ3) is 5.90. The fourth-order valence-corrected chi connectivity index (χ4v) is 3.29. The summed E-state index contributed by atoms with van der Waals surface area (Å²) in [5, 5.41) is 1.96. The van der Waals surface area contributed by atoms with Crippen LogP contribution in [0, 0.1) is 0 Å². The second-order valence-corrected chi connectivity index (χ2v) is 7.53. The van der Waals surface area contributed by atoms with Gasteiger partial charge in [0.2, 0.25) is 0 Å². The van der Waals surface area contributed by atoms with Gasteiger partial charge in [0.15, 0.2) is 0 Å². The average molecular weight is 396 g/mol. The molecule has 1 aromatic heterocycles. The van der Waals surface area contributed by atoms with Crippen molar-refractivity contribution >= 4 is 17.2 Å². The zero-order chi connectivity index (χ0) is 19.8. The number of carbonyl (C=O) groups excluding carboxylic acids is 1. The van der Waals surface area contributed by atoms with E-state index in [2.05, 4.69) is 9.88 Å². The number of thiazole rings is 1. The van der Waals surface area contributed by atoms with Gasteiger partial charge in [-0.05, 0) is 37.9 Å². The Morgan fingerprint density at radius 2 is 1.89 bits per heavy atom. The van der Waals surface area contributed by atoms with Crippen LogP contribution in [0.2, 0.25) is 0 Å². The highest BCUT2D eigenvalue weighted by Gasteiger charge is 2.17. The molecule has 0 aliphatic carbocycles. The number of hydrogen-bond donors (Lipinski definition) is 0. The van der Waals surface area contributed by atoms with E-state index in [9.17, 15) is 4.79 Å². The molecule has 0 saturated heterocycles. The highest BCUT2D eigenvalue weighted by atomic mass is 32.1. The van der Waals surface area contributed by atoms with Gasteiger partial charge in [0.05, 0.1) is 11.2 Å². The van der Waals surface area contributed by atoms with Gasteiger partial charge >= 0.3 is 0 Å². The van der Waals surface area contributed by atoms with Crippen LogP contribution in [0.1, 0.15) is 21.6 Å². The second kappa shape index (κ2) is 10.0. The molecular weight excluding hydrogens is 370 g/mol. The maximum absolute atomic E-state index is 13.2. The van der Waals surface area contributed by atoms with E-state index in [1.165, 1.54) is 11.3 Å². The first-order valence-corrected chi connectivity index (χ1v) is 10.1. The SMILES string of the molecule is CN(C)CCN(Cc1ccccc1)C(=O)c1cccc(OCc2cscn2)c1. The van der Waals surface area contributed by atoms with Crippen molar-refractivity contribution in [1.29, 1.82) is 0 Å². The number of rotatable bonds is 9. The summed E-state index contributed by atoms with van der Waals surface area (Å²) in [6.07, 6.45) is 0. The monoisotopic (exact) mass is 395 g/mol. The predicted octanol–water partition coefficient (Wildman–Crippen LogP) is 3.93. The predicted molar refractivity (Wildman–Crippen MR) is 113 cm³/mol. The van der Waals surface area contributed by atoms with Crippen molar-refractivity contribution < 1.29 is 9.53 Å². The van der Waals surface area contributed by atoms with Crippen LogP contribution in [-0.4, -0.2) is 47.9 Å². The Balaban J connectivity index is 1.72. The van der Waals surface area contributed by atoms with Gasteiger partial charge in [0, 0.05) is 30.6 Å². The van der Waals surface area contributed by atoms with E-state index < -0.39 is 0 Å². The number of nitrogens with zero attached hydrogens (tertiary/aromatic N) is 3. The molecule has 0 fully saturated rings. The van der Waals surface area contributed by atoms with Crippen molar-refractivity contribution in [2.24, 2.45) is 0 Å². The molecule has 1 heterocycles. The molecule has 0 spiro atoms. The average Bonchev–Trinajstić information content (AvgIpc) is 3.23. The molecule has 1 amide bonds. The Morgan fingerprint density at radius 1 is 1.07 bits per heavy atom. The normalized spacial score (nSPS) is 10.8. The Bertz CT molecular complexity index is 867. The molecule has 146 valence electrons. The highest BCUT2D eigenvalue weighted by Crippen LogP contribution is 2.18. The summed E-state index contributed by atoms with van der Waals surface area (Å²) in [5.74, 6) is 0.677. The van der Waals surface area contributed by atoms with Crippen LogP contribution in [0.4, 0.5) is 0 Å². The van der Waals surface area contributed by atoms with Crippen LogP contribution in [0.25, 0.3) is 0 Å². The standard InChI is InChI=1S/C22H25N3O2S/c1-24(2)11-12-25(14-18-7-4-3-5-8-18)22(26)19-9-6-10-21(13-19)27-15-20-16-28-17-23-20/h3-10,13,16-17H,11-12,14-15H2,1-2H3. The molecule has 0 radical (unpaired) electrons. The van der Waals surface area contributed by atoms with Crippen molar-refractivity contribution in [3.05, 3.63) is 82.3 Å². The van der Waals surface area contributed by atoms with Gasteiger partial charge in [-0.1, -0.05) is 36.4 Å². The Morgan fingerprint density at radius 3 is 2.61 bits per heavy atom. The zero-order valence-electron chi connectivity index (χ0n) is 16.2. The van der Waals surface area contributed by atoms with Gasteiger partial charge in [-0.3, -0.25) is 4.79 Å². The molecule has 0 N–H and O–H groups in total. The highest BCUT2D eigenvalue weighted by molar-refractivity contribution is 7.07. The molecule has 3 aromatic rings. The van der Waals surface area contributed by atoms with E-state index in [-0.39, 0.29) is 5.91 Å². The number of carbonyl (C=O) groups is 1. The Labute approximate surface area is 170 Å². The molecule has 3 rings (SSSR count). The van der Waals surface area contributed by atoms with Crippen LogP contribution in [0.3, 0.4) is 0 Å². The van der Waals surface area contributed by atoms with Crippen molar-refractivity contribution in [2.45, 2.75) is 13.2 Å². The second-order valence-electron chi connectivity index (χ2n) is 6.81. The van der Waals surface area contributed by atoms with E-state index in [0.717, 1.165) is 17.8 Å². The first-order valence-electron chi connectivity index (χ1n) is 9.19. The number of likely N-dealkylation sites (N-methyl/N-ethyl adjacent to an activating group) is 1. The zero-order valence-corrected chi connectivity index (χ0v) is 17.1. The van der Waals surface area contributed by atoms with Crippen LogP contribution in [-0.2, 0) is 13.2 Å². The summed E-state index contributed by atoms with van der Waals surface area (Å²) in [5.41, 5.74) is 4.42. The van der Waals surface area contributed by atoms with Crippen LogP contribution in [0.5, 0.6) is 5.75 Å². The Kier molecular flexibility index (Phi) is 7.17. The molecule has 0 aliphatic rings. The smallest absolute Gasteiger partial charge is 0.254 e. The van der Waals surface area contributed by atoms with Gasteiger partial charge in [-0.15, -0.1) is 11.3 Å². The maximum Gasteiger partial charge on any atom is 0.254 e. The minimum absolute atomic E-state index is 0.00445. The van der Waals surface area contributed by atoms with E-state index in [1.807, 2.05) is 79.0 Å². The number of benzene rings is 2. The van der Waals surface area contributed by atoms with Gasteiger partial charge in [-0.25, -0.2) is 4.98 Å². The van der Waals surface area contributed by atoms with Crippen molar-refractivity contribution in [3.8, 4) is 5.75 Å². The minimum Gasteiger partial charge on any atom is -0.487 e. The first-order chi connectivity index (χ1) is 13.6. The summed E-state index contributed by atoms with van der Waals surface area (Å²) in [4.78, 5) is 21.4. The molecular formula is C22H25N3O2S. The van der Waals surface area contributed by atoms with Crippen LogP contribution < -0.4 is 4.74 Å². The lowest BCUT2D eigenvalue weighted by atomic mass is 10.1. The third-order valence-corrected chi connectivity index (χ3v) is 4.91. The lowest BCUT2D eigenvalue weighted by Crippen LogP contribution is -2.36. The lowest BCUT2D eigenvalue weighted by molar-refractivity contribution is 0.0731. The van der Waals surface area contributed by atoms with Crippen molar-refractivity contribution in [1.82, 2.24) is 14.8 Å². The maximum atomic E-state index is 13.2.